The van der Waals surface area contributed by atoms with E-state index in [1.54, 1.807) is 23.7 Å². The molecule has 0 aliphatic rings. The molecule has 0 spiro atoms. The first-order valence-corrected chi connectivity index (χ1v) is 6.47. The molecule has 0 aliphatic heterocycles. The lowest BCUT2D eigenvalue weighted by molar-refractivity contribution is 0.102. The number of nitrogens with two attached hydrogens (primary N) is 1. The number of thiazole rings is 1. The number of pyridine rings is 1. The zero-order chi connectivity index (χ0) is 13.2. The quantitative estimate of drug-likeness (QED) is 0.749. The molecule has 6 heteroatoms. The molecule has 5 nitrogen and oxygen atoms in total. The SMILES string of the molecule is Nc1cccc(C(=O)Nc2ccc3ncsc3c2)n1. The monoisotopic (exact) mass is 270 g/mol. The van der Waals surface area contributed by atoms with Crippen molar-refractivity contribution < 1.29 is 4.79 Å². The number of carbonyl (C=O) groups is 1. The van der Waals surface area contributed by atoms with Crippen LogP contribution >= 0.6 is 11.3 Å². The molecule has 3 rings (SSSR count). The molecule has 0 atom stereocenters. The lowest BCUT2D eigenvalue weighted by Crippen LogP contribution is -2.14. The van der Waals surface area contributed by atoms with Crippen LogP contribution in [0.5, 0.6) is 0 Å². The molecule has 94 valence electrons. The van der Waals surface area contributed by atoms with Gasteiger partial charge in [0.2, 0.25) is 0 Å². The maximum absolute atomic E-state index is 12.0. The number of fused-ring (bicyclic) bond motifs is 1. The fourth-order valence-corrected chi connectivity index (χ4v) is 2.42. The minimum absolute atomic E-state index is 0.281. The van der Waals surface area contributed by atoms with Crippen molar-refractivity contribution in [3.63, 3.8) is 0 Å². The maximum Gasteiger partial charge on any atom is 0.274 e. The standard InChI is InChI=1S/C13H10N4OS/c14-12-3-1-2-10(17-12)13(18)16-8-4-5-9-11(6-8)19-7-15-9/h1-7H,(H2,14,17)(H,16,18). The Balaban J connectivity index is 1.86. The van der Waals surface area contributed by atoms with E-state index < -0.39 is 0 Å². The third-order valence-corrected chi connectivity index (χ3v) is 3.38. The van der Waals surface area contributed by atoms with E-state index in [0.717, 1.165) is 10.2 Å². The van der Waals surface area contributed by atoms with Gasteiger partial charge < -0.3 is 11.1 Å². The fourth-order valence-electron chi connectivity index (χ4n) is 1.71. The highest BCUT2D eigenvalue weighted by molar-refractivity contribution is 7.16. The molecule has 0 saturated heterocycles. The van der Waals surface area contributed by atoms with E-state index in [1.165, 1.54) is 11.3 Å². The number of nitrogens with one attached hydrogen (secondary N) is 1. The van der Waals surface area contributed by atoms with Crippen molar-refractivity contribution in [1.29, 1.82) is 0 Å². The van der Waals surface area contributed by atoms with Crippen molar-refractivity contribution in [3.8, 4) is 0 Å². The summed E-state index contributed by atoms with van der Waals surface area (Å²) in [6, 6.07) is 10.5. The smallest absolute Gasteiger partial charge is 0.274 e. The van der Waals surface area contributed by atoms with E-state index in [1.807, 2.05) is 18.2 Å². The Morgan fingerprint density at radius 2 is 2.16 bits per heavy atom. The minimum Gasteiger partial charge on any atom is -0.384 e. The number of nitrogens with zero attached hydrogens (tertiary/aromatic N) is 2. The summed E-state index contributed by atoms with van der Waals surface area (Å²) in [5.41, 5.74) is 9.26. The van der Waals surface area contributed by atoms with Crippen LogP contribution in [0.15, 0.2) is 41.9 Å². The highest BCUT2D eigenvalue weighted by atomic mass is 32.1. The Kier molecular flexibility index (Phi) is 2.85. The van der Waals surface area contributed by atoms with Crippen molar-refractivity contribution >= 4 is 39.0 Å². The summed E-state index contributed by atoms with van der Waals surface area (Å²) in [5, 5.41) is 2.79. The van der Waals surface area contributed by atoms with Crippen LogP contribution in [0, 0.1) is 0 Å². The molecule has 0 bridgehead atoms. The van der Waals surface area contributed by atoms with E-state index in [-0.39, 0.29) is 5.91 Å². The third kappa shape index (κ3) is 2.38. The van der Waals surface area contributed by atoms with Gasteiger partial charge in [0.15, 0.2) is 0 Å². The molecule has 1 amide bonds. The highest BCUT2D eigenvalue weighted by Gasteiger charge is 2.08. The van der Waals surface area contributed by atoms with Crippen molar-refractivity contribution in [3.05, 3.63) is 47.6 Å². The molecule has 0 saturated carbocycles. The molecular weight excluding hydrogens is 260 g/mol. The summed E-state index contributed by atoms with van der Waals surface area (Å²) in [5.74, 6) is 0.0433. The first kappa shape index (κ1) is 11.6. The molecule has 2 aromatic heterocycles. The number of carbonyl (C=O) groups excluding carboxylic acids is 1. The molecule has 0 radical (unpaired) electrons. The van der Waals surface area contributed by atoms with E-state index in [2.05, 4.69) is 15.3 Å². The van der Waals surface area contributed by atoms with Crippen LogP contribution in [0.4, 0.5) is 11.5 Å². The Morgan fingerprint density at radius 3 is 3.00 bits per heavy atom. The fraction of sp³-hybridized carbons (Fsp3) is 0. The molecular formula is C13H10N4OS. The Hall–Kier alpha value is -2.47. The van der Waals surface area contributed by atoms with Gasteiger partial charge in [-0.1, -0.05) is 6.07 Å². The second-order valence-corrected chi connectivity index (χ2v) is 4.82. The summed E-state index contributed by atoms with van der Waals surface area (Å²) in [4.78, 5) is 20.2. The summed E-state index contributed by atoms with van der Waals surface area (Å²) in [6.07, 6.45) is 0. The third-order valence-electron chi connectivity index (χ3n) is 2.59. The van der Waals surface area contributed by atoms with Crippen molar-refractivity contribution in [2.24, 2.45) is 0 Å². The zero-order valence-corrected chi connectivity index (χ0v) is 10.6. The Morgan fingerprint density at radius 1 is 1.26 bits per heavy atom. The molecule has 3 N–H and O–H groups in total. The number of nitrogen functional groups attached to an aromatic ring is 1. The second kappa shape index (κ2) is 4.66. The largest absolute Gasteiger partial charge is 0.384 e. The summed E-state index contributed by atoms with van der Waals surface area (Å²) < 4.78 is 1.03. The van der Waals surface area contributed by atoms with Crippen LogP contribution in [-0.4, -0.2) is 15.9 Å². The highest BCUT2D eigenvalue weighted by Crippen LogP contribution is 2.22. The number of hydrogen-bond donors (Lipinski definition) is 2. The second-order valence-electron chi connectivity index (χ2n) is 3.94. The van der Waals surface area contributed by atoms with Gasteiger partial charge in [0.05, 0.1) is 15.7 Å². The van der Waals surface area contributed by atoms with Gasteiger partial charge in [0, 0.05) is 5.69 Å². The van der Waals surface area contributed by atoms with Gasteiger partial charge in [-0.25, -0.2) is 9.97 Å². The van der Waals surface area contributed by atoms with Gasteiger partial charge in [-0.15, -0.1) is 11.3 Å². The number of benzene rings is 1. The van der Waals surface area contributed by atoms with E-state index in [9.17, 15) is 4.79 Å². The minimum atomic E-state index is -0.281. The van der Waals surface area contributed by atoms with E-state index >= 15 is 0 Å². The van der Waals surface area contributed by atoms with Crippen LogP contribution in [-0.2, 0) is 0 Å². The van der Waals surface area contributed by atoms with Crippen LogP contribution in [0.2, 0.25) is 0 Å². The molecule has 2 heterocycles. The Bertz CT molecular complexity index is 753. The van der Waals surface area contributed by atoms with Crippen molar-refractivity contribution in [1.82, 2.24) is 9.97 Å². The summed E-state index contributed by atoms with van der Waals surface area (Å²) in [7, 11) is 0. The maximum atomic E-state index is 12.0. The van der Waals surface area contributed by atoms with Crippen LogP contribution in [0.25, 0.3) is 10.2 Å². The molecule has 1 aromatic carbocycles. The van der Waals surface area contributed by atoms with Gasteiger partial charge in [-0.2, -0.15) is 0 Å². The van der Waals surface area contributed by atoms with Gasteiger partial charge in [0.25, 0.3) is 5.91 Å². The normalized spacial score (nSPS) is 10.5. The Labute approximate surface area is 113 Å². The van der Waals surface area contributed by atoms with Crippen molar-refractivity contribution in [2.75, 3.05) is 11.1 Å². The predicted octanol–water partition coefficient (Wildman–Crippen LogP) is 2.53. The average molecular weight is 270 g/mol. The zero-order valence-electron chi connectivity index (χ0n) is 9.83. The average Bonchev–Trinajstić information content (AvgIpc) is 2.86. The van der Waals surface area contributed by atoms with Gasteiger partial charge in [-0.3, -0.25) is 4.79 Å². The molecule has 0 aliphatic carbocycles. The molecule has 0 unspecified atom stereocenters. The van der Waals surface area contributed by atoms with E-state index in [0.29, 0.717) is 17.2 Å². The predicted molar refractivity (Wildman–Crippen MR) is 76.2 cm³/mol. The van der Waals surface area contributed by atoms with Crippen LogP contribution in [0.1, 0.15) is 10.5 Å². The van der Waals surface area contributed by atoms with Crippen LogP contribution < -0.4 is 11.1 Å². The number of hydrogen-bond acceptors (Lipinski definition) is 5. The number of rotatable bonds is 2. The van der Waals surface area contributed by atoms with E-state index in [4.69, 9.17) is 5.73 Å². The number of aromatic nitrogens is 2. The summed E-state index contributed by atoms with van der Waals surface area (Å²) in [6.45, 7) is 0. The van der Waals surface area contributed by atoms with Crippen molar-refractivity contribution in [2.45, 2.75) is 0 Å². The van der Waals surface area contributed by atoms with Crippen LogP contribution in [0.3, 0.4) is 0 Å². The number of anilines is 2. The summed E-state index contributed by atoms with van der Waals surface area (Å²) >= 11 is 1.53. The first-order chi connectivity index (χ1) is 9.22. The van der Waals surface area contributed by atoms with Gasteiger partial charge >= 0.3 is 0 Å². The topological polar surface area (TPSA) is 80.9 Å². The molecule has 3 aromatic rings. The first-order valence-electron chi connectivity index (χ1n) is 5.59. The molecule has 19 heavy (non-hydrogen) atoms. The number of amides is 1. The van der Waals surface area contributed by atoms with Gasteiger partial charge in [0.1, 0.15) is 11.5 Å². The van der Waals surface area contributed by atoms with Gasteiger partial charge in [-0.05, 0) is 30.3 Å². The molecule has 0 fully saturated rings. The lowest BCUT2D eigenvalue weighted by atomic mass is 10.2. The lowest BCUT2D eigenvalue weighted by Gasteiger charge is -2.05.